The van der Waals surface area contributed by atoms with Gasteiger partial charge in [-0.1, -0.05) is 0 Å². The number of benzene rings is 3. The quantitative estimate of drug-likeness (QED) is 0.202. The van der Waals surface area contributed by atoms with Crippen molar-refractivity contribution in [2.24, 2.45) is 4.52 Å². The Morgan fingerprint density at radius 3 is 1.63 bits per heavy atom. The van der Waals surface area contributed by atoms with Gasteiger partial charge in [0.15, 0.2) is 0 Å². The number of para-hydroxylation sites is 3. The topological polar surface area (TPSA) is 193 Å². The van der Waals surface area contributed by atoms with Gasteiger partial charge in [-0.15, -0.1) is 0 Å². The predicted molar refractivity (Wildman–Crippen MR) is 152 cm³/mol. The van der Waals surface area contributed by atoms with Gasteiger partial charge in [0.25, 0.3) is 0 Å². The zero-order valence-corrected chi connectivity index (χ0v) is 24.4. The van der Waals surface area contributed by atoms with E-state index < -0.39 is 31.4 Å². The van der Waals surface area contributed by atoms with Gasteiger partial charge in [0.05, 0.1) is 0 Å². The van der Waals surface area contributed by atoms with E-state index in [9.17, 15) is 31.6 Å². The molecule has 13 nitrogen and oxygen atoms in total. The zero-order valence-electron chi connectivity index (χ0n) is 20.7. The molecule has 0 saturated carbocycles. The molecular formula is C24H16N10O3P4. The van der Waals surface area contributed by atoms with E-state index in [1.54, 1.807) is 60.8 Å². The van der Waals surface area contributed by atoms with Gasteiger partial charge in [0.1, 0.15) is 0 Å². The summed E-state index contributed by atoms with van der Waals surface area (Å²) >= 11 is 0. The Bertz CT molecular complexity index is 1690. The molecule has 3 aromatic carbocycles. The van der Waals surface area contributed by atoms with Crippen LogP contribution in [0.3, 0.4) is 0 Å². The van der Waals surface area contributed by atoms with Gasteiger partial charge in [-0.2, -0.15) is 0 Å². The van der Waals surface area contributed by atoms with Gasteiger partial charge in [0.2, 0.25) is 0 Å². The monoisotopic (exact) mass is 616 g/mol. The van der Waals surface area contributed by atoms with Crippen molar-refractivity contribution in [3.05, 3.63) is 91.0 Å². The van der Waals surface area contributed by atoms with Crippen molar-refractivity contribution in [2.45, 2.75) is 0 Å². The Morgan fingerprint density at radius 2 is 1.20 bits per heavy atom. The minimum absolute atomic E-state index is 0.112. The summed E-state index contributed by atoms with van der Waals surface area (Å²) in [6.45, 7) is 0. The van der Waals surface area contributed by atoms with Crippen LogP contribution in [0.15, 0.2) is 95.5 Å². The molecule has 1 aliphatic heterocycles. The average molecular weight is 616 g/mol. The Balaban J connectivity index is 2.14. The van der Waals surface area contributed by atoms with Crippen molar-refractivity contribution in [3.63, 3.8) is 0 Å². The second-order valence-corrected chi connectivity index (χ2v) is 16.5. The van der Waals surface area contributed by atoms with Crippen molar-refractivity contribution in [2.75, 3.05) is 0 Å². The van der Waals surface area contributed by atoms with Crippen LogP contribution in [-0.2, 0) is 0 Å². The van der Waals surface area contributed by atoms with Crippen molar-refractivity contribution in [1.29, 1.82) is 31.6 Å². The molecule has 0 amide bonds. The molecule has 2 unspecified atom stereocenters. The molecule has 3 aromatic rings. The molecule has 1 aliphatic rings. The van der Waals surface area contributed by atoms with E-state index in [-0.39, 0.29) is 17.2 Å². The zero-order chi connectivity index (χ0) is 29.3. The first kappa shape index (κ1) is 29.2. The third kappa shape index (κ3) is 5.76. The molecule has 4 rings (SSSR count). The average Bonchev–Trinajstić information content (AvgIpc) is 3.03. The molecule has 0 fully saturated rings. The third-order valence-corrected chi connectivity index (χ3v) is 15.8. The van der Waals surface area contributed by atoms with Crippen LogP contribution in [0, 0.1) is 66.8 Å². The van der Waals surface area contributed by atoms with Crippen molar-refractivity contribution in [1.82, 2.24) is 13.6 Å². The van der Waals surface area contributed by atoms with Crippen LogP contribution in [0.1, 0.15) is 0 Å². The maximum absolute atomic E-state index is 11.0. The van der Waals surface area contributed by atoms with Crippen molar-refractivity contribution in [3.8, 4) is 52.5 Å². The maximum atomic E-state index is 11.0. The van der Waals surface area contributed by atoms with E-state index in [2.05, 4.69) is 10.3 Å². The Hall–Kier alpha value is -4.76. The fourth-order valence-corrected chi connectivity index (χ4v) is 14.5. The molecular weight excluding hydrogens is 600 g/mol. The Morgan fingerprint density at radius 1 is 0.683 bits per heavy atom. The van der Waals surface area contributed by atoms with E-state index in [1.165, 1.54) is 36.4 Å². The molecule has 0 radical (unpaired) electrons. The SMILES string of the molecule is N#CN1P(C#N)N=P(C#N)(C#N)N(Oc2ccccc2)[PH](C#N)(Oc2ccccc2)N(Oc2ccccc2)P1C#N. The normalized spacial score (nSPS) is 20.2. The molecule has 17 heteroatoms. The molecule has 1 heterocycles. The van der Waals surface area contributed by atoms with Crippen molar-refractivity contribution >= 4 is 31.4 Å². The molecule has 200 valence electrons. The molecule has 0 spiro atoms. The van der Waals surface area contributed by atoms with Gasteiger partial charge in [-0.3, -0.25) is 0 Å². The first-order chi connectivity index (χ1) is 20.0. The number of hydrogen-bond acceptors (Lipinski definition) is 13. The standard InChI is InChI=1S/C24H16N10O3P4/c25-16-32-38(17-26)31-40(19-28,20-29)34(36-23-12-6-2-7-13-23)41(21-30,37-24-14-8-3-9-15-24)33(39(32)18-27)35-22-10-4-1-5-11-22/h1-15,41H. The predicted octanol–water partition coefficient (Wildman–Crippen LogP) is 7.09. The van der Waals surface area contributed by atoms with Gasteiger partial charge in [0, 0.05) is 0 Å². The summed E-state index contributed by atoms with van der Waals surface area (Å²) in [5.74, 6) is 10.0. The second kappa shape index (κ2) is 13.1. The third-order valence-electron chi connectivity index (χ3n) is 5.09. The molecule has 0 bridgehead atoms. The summed E-state index contributed by atoms with van der Waals surface area (Å²) in [6, 6.07) is 24.1. The number of nitriles is 6. The van der Waals surface area contributed by atoms with E-state index in [1.807, 2.05) is 23.2 Å². The molecule has 2 atom stereocenters. The molecule has 0 saturated heterocycles. The van der Waals surface area contributed by atoms with E-state index in [0.29, 0.717) is 0 Å². The fourth-order valence-electron chi connectivity index (χ4n) is 3.35. The minimum atomic E-state index is -4.91. The second-order valence-electron chi connectivity index (χ2n) is 7.55. The van der Waals surface area contributed by atoms with Crippen LogP contribution in [0.5, 0.6) is 17.2 Å². The Kier molecular flexibility index (Phi) is 9.31. The number of nitrogens with zero attached hydrogens (tertiary/aromatic N) is 10. The van der Waals surface area contributed by atoms with Crippen LogP contribution >= 0.6 is 31.4 Å². The van der Waals surface area contributed by atoms with Gasteiger partial charge >= 0.3 is 239 Å². The van der Waals surface area contributed by atoms with E-state index in [0.717, 1.165) is 13.6 Å². The summed E-state index contributed by atoms with van der Waals surface area (Å²) in [5, 5.41) is 62.4. The summed E-state index contributed by atoms with van der Waals surface area (Å²) in [4.78, 5) is 12.3. The van der Waals surface area contributed by atoms with Crippen LogP contribution < -0.4 is 14.2 Å². The molecule has 0 N–H and O–H groups in total. The van der Waals surface area contributed by atoms with Crippen LogP contribution in [0.4, 0.5) is 0 Å². The summed E-state index contributed by atoms with van der Waals surface area (Å²) in [5.41, 5.74) is 0. The number of hydrogen-bond donors (Lipinski definition) is 0. The molecule has 41 heavy (non-hydrogen) atoms. The van der Waals surface area contributed by atoms with Crippen LogP contribution in [-0.4, -0.2) is 13.6 Å². The van der Waals surface area contributed by atoms with Crippen LogP contribution in [0.25, 0.3) is 0 Å². The summed E-state index contributed by atoms with van der Waals surface area (Å²) in [6.07, 6.45) is 1.79. The van der Waals surface area contributed by atoms with E-state index >= 15 is 0 Å². The van der Waals surface area contributed by atoms with Gasteiger partial charge in [-0.25, -0.2) is 0 Å². The first-order valence-electron chi connectivity index (χ1n) is 11.3. The van der Waals surface area contributed by atoms with Crippen LogP contribution in [0.2, 0.25) is 0 Å². The molecule has 0 aromatic heterocycles. The van der Waals surface area contributed by atoms with Gasteiger partial charge in [-0.05, 0) is 0 Å². The Labute approximate surface area is 238 Å². The fraction of sp³-hybridized carbons (Fsp3) is 0. The van der Waals surface area contributed by atoms with E-state index in [4.69, 9.17) is 14.2 Å². The molecule has 0 aliphatic carbocycles. The van der Waals surface area contributed by atoms with Gasteiger partial charge < -0.3 is 0 Å². The summed E-state index contributed by atoms with van der Waals surface area (Å²) < 4.78 is 13.1. The number of rotatable bonds is 6. The summed E-state index contributed by atoms with van der Waals surface area (Å²) in [7, 11) is -14.5. The first-order valence-corrected chi connectivity index (χ1v) is 17.3. The van der Waals surface area contributed by atoms with Crippen molar-refractivity contribution < 1.29 is 14.2 Å².